The zero-order chi connectivity index (χ0) is 18.8. The molecule has 4 rings (SSSR count). The quantitative estimate of drug-likeness (QED) is 0.839. The smallest absolute Gasteiger partial charge is 0.289 e. The molecular weight excluding hydrogens is 340 g/mol. The Labute approximate surface area is 159 Å². The van der Waals surface area contributed by atoms with Gasteiger partial charge in [0, 0.05) is 32.4 Å². The third-order valence-electron chi connectivity index (χ3n) is 5.60. The lowest BCUT2D eigenvalue weighted by atomic mass is 10.1. The van der Waals surface area contributed by atoms with Crippen molar-refractivity contribution in [2.45, 2.75) is 45.1 Å². The summed E-state index contributed by atoms with van der Waals surface area (Å²) >= 11 is 0. The number of para-hydroxylation sites is 1. The van der Waals surface area contributed by atoms with Crippen LogP contribution in [0.1, 0.15) is 58.9 Å². The van der Waals surface area contributed by atoms with E-state index in [-0.39, 0.29) is 11.8 Å². The second-order valence-electron chi connectivity index (χ2n) is 7.39. The number of likely N-dealkylation sites (tertiary alicyclic amines) is 1. The molecule has 0 atom stereocenters. The van der Waals surface area contributed by atoms with Crippen LogP contribution in [-0.4, -0.2) is 46.4 Å². The summed E-state index contributed by atoms with van der Waals surface area (Å²) in [5.74, 6) is 0.264. The molecule has 1 fully saturated rings. The number of amides is 2. The highest BCUT2D eigenvalue weighted by Crippen LogP contribution is 2.25. The first-order chi connectivity index (χ1) is 13.2. The Bertz CT molecular complexity index is 837. The fourth-order valence-electron chi connectivity index (χ4n) is 4.04. The van der Waals surface area contributed by atoms with Gasteiger partial charge in [0.2, 0.25) is 0 Å². The molecule has 6 nitrogen and oxygen atoms in total. The van der Waals surface area contributed by atoms with Gasteiger partial charge < -0.3 is 14.4 Å². The minimum Gasteiger partial charge on any atom is -0.336 e. The van der Waals surface area contributed by atoms with Crippen molar-refractivity contribution in [1.29, 1.82) is 0 Å². The van der Waals surface area contributed by atoms with E-state index in [0.717, 1.165) is 63.1 Å². The minimum absolute atomic E-state index is 0.0285. The van der Waals surface area contributed by atoms with Crippen molar-refractivity contribution in [3.63, 3.8) is 0 Å². The molecule has 6 heteroatoms. The number of piperidine rings is 1. The lowest BCUT2D eigenvalue weighted by Crippen LogP contribution is -2.37. The normalized spacial score (nSPS) is 16.7. The van der Waals surface area contributed by atoms with E-state index < -0.39 is 0 Å². The Hall–Kier alpha value is -2.63. The number of imidazole rings is 1. The highest BCUT2D eigenvalue weighted by atomic mass is 16.2. The number of rotatable bonds is 3. The molecule has 1 saturated heterocycles. The number of aromatic nitrogens is 2. The molecule has 0 bridgehead atoms. The van der Waals surface area contributed by atoms with Crippen LogP contribution in [0.4, 0.5) is 5.69 Å². The Balaban J connectivity index is 1.68. The Morgan fingerprint density at radius 3 is 2.41 bits per heavy atom. The highest BCUT2D eigenvalue weighted by molar-refractivity contribution is 6.06. The van der Waals surface area contributed by atoms with Gasteiger partial charge in [0.05, 0.1) is 5.69 Å². The number of nitrogens with zero attached hydrogens (tertiary/aromatic N) is 4. The summed E-state index contributed by atoms with van der Waals surface area (Å²) in [5.41, 5.74) is 2.17. The van der Waals surface area contributed by atoms with E-state index in [1.807, 2.05) is 39.8 Å². The summed E-state index contributed by atoms with van der Waals surface area (Å²) in [6.07, 6.45) is 6.10. The van der Waals surface area contributed by atoms with Crippen LogP contribution in [0.5, 0.6) is 0 Å². The number of hydrogen-bond acceptors (Lipinski definition) is 3. The van der Waals surface area contributed by atoms with Crippen LogP contribution in [0, 0.1) is 0 Å². The van der Waals surface area contributed by atoms with E-state index in [0.29, 0.717) is 11.5 Å². The average molecular weight is 366 g/mol. The fraction of sp³-hybridized carbons (Fsp3) is 0.476. The van der Waals surface area contributed by atoms with Gasteiger partial charge >= 0.3 is 0 Å². The third kappa shape index (κ3) is 3.36. The number of anilines is 1. The summed E-state index contributed by atoms with van der Waals surface area (Å²) in [5, 5.41) is 0. The molecule has 0 aliphatic carbocycles. The fourth-order valence-corrected chi connectivity index (χ4v) is 4.04. The van der Waals surface area contributed by atoms with E-state index in [9.17, 15) is 9.59 Å². The first kappa shape index (κ1) is 17.8. The van der Waals surface area contributed by atoms with Crippen LogP contribution in [0.15, 0.2) is 30.3 Å². The molecule has 2 aromatic rings. The molecule has 27 heavy (non-hydrogen) atoms. The molecule has 2 aliphatic rings. The summed E-state index contributed by atoms with van der Waals surface area (Å²) in [6, 6.07) is 9.55. The maximum absolute atomic E-state index is 13.2. The number of benzene rings is 1. The highest BCUT2D eigenvalue weighted by Gasteiger charge is 2.31. The Morgan fingerprint density at radius 1 is 0.963 bits per heavy atom. The number of carbonyl (C=O) groups excluding carboxylic acids is 2. The maximum atomic E-state index is 13.2. The number of hydrogen-bond donors (Lipinski definition) is 0. The molecule has 2 amide bonds. The molecule has 0 N–H and O–H groups in total. The van der Waals surface area contributed by atoms with Crippen molar-refractivity contribution < 1.29 is 9.59 Å². The lowest BCUT2D eigenvalue weighted by molar-refractivity contribution is 0.0705. The predicted octanol–water partition coefficient (Wildman–Crippen LogP) is 3.12. The molecule has 3 heterocycles. The molecule has 1 aromatic carbocycles. The molecular formula is C21H26N4O2. The topological polar surface area (TPSA) is 58.4 Å². The van der Waals surface area contributed by atoms with Gasteiger partial charge in [0.1, 0.15) is 0 Å². The number of fused-ring (bicyclic) bond motifs is 1. The van der Waals surface area contributed by atoms with Crippen LogP contribution in [-0.2, 0) is 13.0 Å². The second-order valence-corrected chi connectivity index (χ2v) is 7.39. The molecule has 0 unspecified atom stereocenters. The van der Waals surface area contributed by atoms with Crippen LogP contribution in [0.2, 0.25) is 0 Å². The van der Waals surface area contributed by atoms with Gasteiger partial charge in [0.25, 0.3) is 11.8 Å². The minimum atomic E-state index is -0.149. The van der Waals surface area contributed by atoms with Crippen molar-refractivity contribution >= 4 is 17.5 Å². The van der Waals surface area contributed by atoms with E-state index in [4.69, 9.17) is 0 Å². The molecule has 0 saturated carbocycles. The van der Waals surface area contributed by atoms with Gasteiger partial charge in [-0.05, 0) is 50.7 Å². The van der Waals surface area contributed by atoms with Crippen molar-refractivity contribution in [2.24, 2.45) is 0 Å². The Kier molecular flexibility index (Phi) is 4.97. The van der Waals surface area contributed by atoms with E-state index in [1.54, 1.807) is 11.9 Å². The van der Waals surface area contributed by atoms with Gasteiger partial charge in [-0.2, -0.15) is 0 Å². The third-order valence-corrected chi connectivity index (χ3v) is 5.60. The largest absolute Gasteiger partial charge is 0.336 e. The second kappa shape index (κ2) is 7.55. The summed E-state index contributed by atoms with van der Waals surface area (Å²) in [6.45, 7) is 2.34. The van der Waals surface area contributed by atoms with Gasteiger partial charge in [-0.1, -0.05) is 18.2 Å². The van der Waals surface area contributed by atoms with Gasteiger partial charge in [-0.25, -0.2) is 4.98 Å². The van der Waals surface area contributed by atoms with Crippen molar-refractivity contribution in [2.75, 3.05) is 25.0 Å². The van der Waals surface area contributed by atoms with Gasteiger partial charge in [-0.15, -0.1) is 0 Å². The Morgan fingerprint density at radius 2 is 1.67 bits per heavy atom. The van der Waals surface area contributed by atoms with E-state index >= 15 is 0 Å². The molecule has 0 spiro atoms. The van der Waals surface area contributed by atoms with E-state index in [2.05, 4.69) is 4.98 Å². The van der Waals surface area contributed by atoms with Crippen molar-refractivity contribution in [1.82, 2.24) is 14.5 Å². The first-order valence-corrected chi connectivity index (χ1v) is 9.88. The first-order valence-electron chi connectivity index (χ1n) is 9.88. The lowest BCUT2D eigenvalue weighted by Gasteiger charge is -2.27. The molecule has 142 valence electrons. The summed E-state index contributed by atoms with van der Waals surface area (Å²) in [4.78, 5) is 34.3. The molecule has 0 radical (unpaired) electrons. The summed E-state index contributed by atoms with van der Waals surface area (Å²) in [7, 11) is 1.76. The standard InChI is InChI=1S/C21H26N4O2/c1-23(16-10-4-2-5-11-16)20(26)18-17-12-6-9-15-25(17)19(22-18)21(27)24-13-7-3-8-14-24/h2,4-5,10-11H,3,6-9,12-15H2,1H3. The van der Waals surface area contributed by atoms with Gasteiger partial charge in [-0.3, -0.25) is 9.59 Å². The SMILES string of the molecule is CN(C(=O)c1nc(C(=O)N2CCCCC2)n2c1CCCC2)c1ccccc1. The molecule has 1 aromatic heterocycles. The monoisotopic (exact) mass is 366 g/mol. The maximum Gasteiger partial charge on any atom is 0.289 e. The summed E-state index contributed by atoms with van der Waals surface area (Å²) < 4.78 is 1.99. The average Bonchev–Trinajstić information content (AvgIpc) is 3.13. The predicted molar refractivity (Wildman–Crippen MR) is 104 cm³/mol. The van der Waals surface area contributed by atoms with Crippen LogP contribution in [0.25, 0.3) is 0 Å². The van der Waals surface area contributed by atoms with Crippen molar-refractivity contribution in [3.8, 4) is 0 Å². The van der Waals surface area contributed by atoms with Crippen LogP contribution in [0.3, 0.4) is 0 Å². The van der Waals surface area contributed by atoms with Crippen LogP contribution >= 0.6 is 0 Å². The van der Waals surface area contributed by atoms with Crippen LogP contribution < -0.4 is 4.90 Å². The van der Waals surface area contributed by atoms with Crippen molar-refractivity contribution in [3.05, 3.63) is 47.5 Å². The van der Waals surface area contributed by atoms with E-state index in [1.165, 1.54) is 6.42 Å². The molecule has 2 aliphatic heterocycles. The zero-order valence-electron chi connectivity index (χ0n) is 15.9. The zero-order valence-corrected chi connectivity index (χ0v) is 15.9. The van der Waals surface area contributed by atoms with Gasteiger partial charge in [0.15, 0.2) is 11.5 Å². The number of carbonyl (C=O) groups is 2.